The van der Waals surface area contributed by atoms with Gasteiger partial charge in [0.1, 0.15) is 5.69 Å². The third kappa shape index (κ3) is 3.64. The molecule has 108 valence electrons. The number of ether oxygens (including phenoxy) is 1. The smallest absolute Gasteiger partial charge is 0.354 e. The number of carboxylic acids is 1. The molecule has 1 heterocycles. The van der Waals surface area contributed by atoms with Crippen LogP contribution >= 0.6 is 0 Å². The number of amides is 1. The Morgan fingerprint density at radius 2 is 2.05 bits per heavy atom. The van der Waals surface area contributed by atoms with Gasteiger partial charge in [-0.1, -0.05) is 18.2 Å². The fourth-order valence-corrected chi connectivity index (χ4v) is 1.81. The number of para-hydroxylation sites is 1. The lowest BCUT2D eigenvalue weighted by Gasteiger charge is -2.10. The van der Waals surface area contributed by atoms with E-state index in [0.29, 0.717) is 12.3 Å². The predicted octanol–water partition coefficient (Wildman–Crippen LogP) is 2.18. The van der Waals surface area contributed by atoms with Gasteiger partial charge in [-0.15, -0.1) is 0 Å². The Kier molecular flexibility index (Phi) is 4.63. The van der Waals surface area contributed by atoms with Crippen LogP contribution in [0.15, 0.2) is 42.6 Å². The first-order chi connectivity index (χ1) is 10.1. The first-order valence-electron chi connectivity index (χ1n) is 6.19. The number of hydrogen-bond acceptors (Lipinski definition) is 4. The molecule has 0 spiro atoms. The van der Waals surface area contributed by atoms with Gasteiger partial charge in [0, 0.05) is 30.1 Å². The number of rotatable bonds is 5. The Bertz CT molecular complexity index is 670. The van der Waals surface area contributed by atoms with Crippen molar-refractivity contribution in [3.63, 3.8) is 0 Å². The van der Waals surface area contributed by atoms with Crippen molar-refractivity contribution in [3.8, 4) is 0 Å². The molecular formula is C15H14N2O4. The SMILES string of the molecule is COCc1ccccc1NC(=O)c1ccnc(C(=O)O)c1. The van der Waals surface area contributed by atoms with E-state index in [-0.39, 0.29) is 11.3 Å². The number of carboxylic acid groups (broad SMARTS) is 1. The van der Waals surface area contributed by atoms with Gasteiger partial charge in [-0.2, -0.15) is 0 Å². The third-order valence-corrected chi connectivity index (χ3v) is 2.81. The standard InChI is InChI=1S/C15H14N2O4/c1-21-9-11-4-2-3-5-12(11)17-14(18)10-6-7-16-13(8-10)15(19)20/h2-8H,9H2,1H3,(H,17,18)(H,19,20). The molecule has 0 aliphatic rings. The maximum atomic E-state index is 12.2. The summed E-state index contributed by atoms with van der Waals surface area (Å²) in [7, 11) is 1.57. The molecule has 1 amide bonds. The number of nitrogens with zero attached hydrogens (tertiary/aromatic N) is 1. The largest absolute Gasteiger partial charge is 0.477 e. The van der Waals surface area contributed by atoms with Crippen LogP contribution in [0.5, 0.6) is 0 Å². The molecule has 6 heteroatoms. The fourth-order valence-electron chi connectivity index (χ4n) is 1.81. The number of pyridine rings is 1. The Morgan fingerprint density at radius 3 is 2.76 bits per heavy atom. The highest BCUT2D eigenvalue weighted by atomic mass is 16.5. The van der Waals surface area contributed by atoms with Crippen LogP contribution in [0.3, 0.4) is 0 Å². The van der Waals surface area contributed by atoms with E-state index in [4.69, 9.17) is 9.84 Å². The molecule has 1 aromatic carbocycles. The van der Waals surface area contributed by atoms with Gasteiger partial charge in [0.2, 0.25) is 0 Å². The zero-order chi connectivity index (χ0) is 15.2. The van der Waals surface area contributed by atoms with Crippen molar-refractivity contribution in [2.45, 2.75) is 6.61 Å². The Morgan fingerprint density at radius 1 is 1.29 bits per heavy atom. The van der Waals surface area contributed by atoms with E-state index in [9.17, 15) is 9.59 Å². The Labute approximate surface area is 121 Å². The van der Waals surface area contributed by atoms with Crippen molar-refractivity contribution in [2.75, 3.05) is 12.4 Å². The van der Waals surface area contributed by atoms with Crippen LogP contribution < -0.4 is 5.32 Å². The highest BCUT2D eigenvalue weighted by Crippen LogP contribution is 2.17. The minimum absolute atomic E-state index is 0.173. The normalized spacial score (nSPS) is 10.1. The molecule has 6 nitrogen and oxygen atoms in total. The Balaban J connectivity index is 2.22. The number of hydrogen-bond donors (Lipinski definition) is 2. The van der Waals surface area contributed by atoms with E-state index < -0.39 is 11.9 Å². The number of nitrogens with one attached hydrogen (secondary N) is 1. The monoisotopic (exact) mass is 286 g/mol. The summed E-state index contributed by atoms with van der Waals surface area (Å²) in [6.45, 7) is 0.368. The lowest BCUT2D eigenvalue weighted by atomic mass is 10.1. The van der Waals surface area contributed by atoms with Crippen LogP contribution in [0.25, 0.3) is 0 Å². The summed E-state index contributed by atoms with van der Waals surface area (Å²) in [6, 6.07) is 9.93. The quantitative estimate of drug-likeness (QED) is 0.879. The van der Waals surface area contributed by atoms with Crippen molar-refractivity contribution in [1.29, 1.82) is 0 Å². The zero-order valence-corrected chi connectivity index (χ0v) is 11.4. The molecule has 0 saturated heterocycles. The van der Waals surface area contributed by atoms with Crippen LogP contribution in [0, 0.1) is 0 Å². The molecule has 2 aromatic rings. The number of carbonyl (C=O) groups is 2. The zero-order valence-electron chi connectivity index (χ0n) is 11.4. The van der Waals surface area contributed by atoms with Gasteiger partial charge < -0.3 is 15.2 Å². The highest BCUT2D eigenvalue weighted by molar-refractivity contribution is 6.05. The average Bonchev–Trinajstić information content (AvgIpc) is 2.49. The topological polar surface area (TPSA) is 88.5 Å². The van der Waals surface area contributed by atoms with Gasteiger partial charge in [0.15, 0.2) is 0 Å². The van der Waals surface area contributed by atoms with E-state index in [0.717, 1.165) is 5.56 Å². The summed E-state index contributed by atoms with van der Waals surface area (Å²) < 4.78 is 5.07. The third-order valence-electron chi connectivity index (χ3n) is 2.81. The lowest BCUT2D eigenvalue weighted by molar-refractivity contribution is 0.0690. The van der Waals surface area contributed by atoms with Crippen LogP contribution in [-0.4, -0.2) is 29.1 Å². The minimum Gasteiger partial charge on any atom is -0.477 e. The molecular weight excluding hydrogens is 272 g/mol. The van der Waals surface area contributed by atoms with Gasteiger partial charge in [0.05, 0.1) is 6.61 Å². The highest BCUT2D eigenvalue weighted by Gasteiger charge is 2.12. The second-order valence-corrected chi connectivity index (χ2v) is 4.28. The predicted molar refractivity (Wildman–Crippen MR) is 76.3 cm³/mol. The number of methoxy groups -OCH3 is 1. The van der Waals surface area contributed by atoms with Crippen molar-refractivity contribution in [1.82, 2.24) is 4.98 Å². The van der Waals surface area contributed by atoms with E-state index in [1.807, 2.05) is 12.1 Å². The molecule has 0 aliphatic heterocycles. The first-order valence-corrected chi connectivity index (χ1v) is 6.19. The molecule has 2 N–H and O–H groups in total. The number of aromatic nitrogens is 1. The first kappa shape index (κ1) is 14.7. The minimum atomic E-state index is -1.18. The van der Waals surface area contributed by atoms with Crippen LogP contribution in [0.2, 0.25) is 0 Å². The van der Waals surface area contributed by atoms with Gasteiger partial charge >= 0.3 is 5.97 Å². The maximum absolute atomic E-state index is 12.2. The summed E-state index contributed by atoms with van der Waals surface area (Å²) in [6.07, 6.45) is 1.29. The van der Waals surface area contributed by atoms with Gasteiger partial charge in [-0.25, -0.2) is 9.78 Å². The summed E-state index contributed by atoms with van der Waals surface area (Å²) in [4.78, 5) is 26.7. The summed E-state index contributed by atoms with van der Waals surface area (Å²) in [5, 5.41) is 11.6. The molecule has 0 saturated carbocycles. The molecule has 1 aromatic heterocycles. The molecule has 0 bridgehead atoms. The average molecular weight is 286 g/mol. The van der Waals surface area contributed by atoms with Crippen LogP contribution in [0.4, 0.5) is 5.69 Å². The van der Waals surface area contributed by atoms with E-state index >= 15 is 0 Å². The number of carbonyl (C=O) groups excluding carboxylic acids is 1. The Hall–Kier alpha value is -2.73. The molecule has 0 radical (unpaired) electrons. The lowest BCUT2D eigenvalue weighted by Crippen LogP contribution is -2.14. The molecule has 0 unspecified atom stereocenters. The van der Waals surface area contributed by atoms with E-state index in [1.54, 1.807) is 19.2 Å². The maximum Gasteiger partial charge on any atom is 0.354 e. The number of aromatic carboxylic acids is 1. The van der Waals surface area contributed by atoms with Crippen molar-refractivity contribution in [3.05, 3.63) is 59.4 Å². The number of anilines is 1. The van der Waals surface area contributed by atoms with Crippen LogP contribution in [-0.2, 0) is 11.3 Å². The molecule has 0 aliphatic carbocycles. The second-order valence-electron chi connectivity index (χ2n) is 4.28. The van der Waals surface area contributed by atoms with Gasteiger partial charge in [0.25, 0.3) is 5.91 Å². The van der Waals surface area contributed by atoms with Crippen molar-refractivity contribution >= 4 is 17.6 Å². The molecule has 2 rings (SSSR count). The summed E-state index contributed by atoms with van der Waals surface area (Å²) in [5.41, 5.74) is 1.52. The van der Waals surface area contributed by atoms with Crippen molar-refractivity contribution in [2.24, 2.45) is 0 Å². The van der Waals surface area contributed by atoms with Gasteiger partial charge in [-0.3, -0.25) is 4.79 Å². The molecule has 0 atom stereocenters. The van der Waals surface area contributed by atoms with Gasteiger partial charge in [-0.05, 0) is 18.2 Å². The second kappa shape index (κ2) is 6.62. The number of benzene rings is 1. The fraction of sp³-hybridized carbons (Fsp3) is 0.133. The molecule has 21 heavy (non-hydrogen) atoms. The van der Waals surface area contributed by atoms with E-state index in [1.165, 1.54) is 18.3 Å². The summed E-state index contributed by atoms with van der Waals surface area (Å²) >= 11 is 0. The molecule has 0 fully saturated rings. The summed E-state index contributed by atoms with van der Waals surface area (Å²) in [5.74, 6) is -1.58. The van der Waals surface area contributed by atoms with E-state index in [2.05, 4.69) is 10.3 Å². The van der Waals surface area contributed by atoms with Crippen LogP contribution in [0.1, 0.15) is 26.4 Å². The van der Waals surface area contributed by atoms with Crippen molar-refractivity contribution < 1.29 is 19.4 Å².